The predicted octanol–water partition coefficient (Wildman–Crippen LogP) is 2.76. The molecule has 0 bridgehead atoms. The van der Waals surface area contributed by atoms with Gasteiger partial charge in [-0.05, 0) is 24.2 Å². The first kappa shape index (κ1) is 11.6. The van der Waals surface area contributed by atoms with Gasteiger partial charge in [-0.2, -0.15) is 13.2 Å². The normalized spacial score (nSPS) is 33.4. The zero-order valence-corrected chi connectivity index (χ0v) is 8.47. The molecular formula is C10H15F3O. The fourth-order valence-corrected chi connectivity index (χ4v) is 2.22. The van der Waals surface area contributed by atoms with E-state index < -0.39 is 12.3 Å². The van der Waals surface area contributed by atoms with Gasteiger partial charge >= 0.3 is 6.18 Å². The SMILES string of the molecule is CC(O)C1C(C=CC(F)(F)F)C1(C)C. The van der Waals surface area contributed by atoms with Gasteiger partial charge in [0.05, 0.1) is 6.10 Å². The van der Waals surface area contributed by atoms with Crippen LogP contribution < -0.4 is 0 Å². The van der Waals surface area contributed by atoms with Gasteiger partial charge in [-0.1, -0.05) is 19.9 Å². The van der Waals surface area contributed by atoms with Gasteiger partial charge in [0.25, 0.3) is 0 Å². The molecule has 0 spiro atoms. The van der Waals surface area contributed by atoms with Crippen LogP contribution in [0.3, 0.4) is 0 Å². The summed E-state index contributed by atoms with van der Waals surface area (Å²) < 4.78 is 35.6. The van der Waals surface area contributed by atoms with Gasteiger partial charge in [0.15, 0.2) is 0 Å². The third-order valence-electron chi connectivity index (χ3n) is 3.01. The number of alkyl halides is 3. The van der Waals surface area contributed by atoms with Crippen LogP contribution in [-0.2, 0) is 0 Å². The Morgan fingerprint density at radius 1 is 1.36 bits per heavy atom. The van der Waals surface area contributed by atoms with Crippen LogP contribution in [0.15, 0.2) is 12.2 Å². The van der Waals surface area contributed by atoms with Crippen LogP contribution in [0.2, 0.25) is 0 Å². The molecule has 1 nitrogen and oxygen atoms in total. The van der Waals surface area contributed by atoms with Crippen molar-refractivity contribution in [3.05, 3.63) is 12.2 Å². The van der Waals surface area contributed by atoms with E-state index in [1.54, 1.807) is 6.92 Å². The molecule has 1 saturated carbocycles. The molecule has 0 aromatic carbocycles. The van der Waals surface area contributed by atoms with Crippen molar-refractivity contribution in [1.82, 2.24) is 0 Å². The van der Waals surface area contributed by atoms with Crippen molar-refractivity contribution in [2.75, 3.05) is 0 Å². The van der Waals surface area contributed by atoms with E-state index in [0.717, 1.165) is 6.08 Å². The van der Waals surface area contributed by atoms with Crippen LogP contribution in [-0.4, -0.2) is 17.4 Å². The summed E-state index contributed by atoms with van der Waals surface area (Å²) in [5, 5.41) is 9.31. The molecule has 0 heterocycles. The van der Waals surface area contributed by atoms with Crippen molar-refractivity contribution in [2.45, 2.75) is 33.1 Å². The lowest BCUT2D eigenvalue weighted by Crippen LogP contribution is -2.07. The summed E-state index contributed by atoms with van der Waals surface area (Å²) in [6.45, 7) is 5.36. The Morgan fingerprint density at radius 2 is 1.86 bits per heavy atom. The van der Waals surface area contributed by atoms with Gasteiger partial charge in [0.1, 0.15) is 0 Å². The summed E-state index contributed by atoms with van der Waals surface area (Å²) in [6, 6.07) is 0. The lowest BCUT2D eigenvalue weighted by molar-refractivity contribution is -0.0801. The van der Waals surface area contributed by atoms with E-state index in [1.807, 2.05) is 13.8 Å². The molecule has 0 aliphatic heterocycles. The van der Waals surface area contributed by atoms with Crippen LogP contribution in [0.1, 0.15) is 20.8 Å². The van der Waals surface area contributed by atoms with E-state index >= 15 is 0 Å². The lowest BCUT2D eigenvalue weighted by Gasteiger charge is -2.03. The first-order chi connectivity index (χ1) is 6.16. The van der Waals surface area contributed by atoms with Crippen LogP contribution in [0.5, 0.6) is 0 Å². The summed E-state index contributed by atoms with van der Waals surface area (Å²) in [7, 11) is 0. The van der Waals surface area contributed by atoms with Gasteiger partial charge < -0.3 is 5.11 Å². The van der Waals surface area contributed by atoms with Crippen molar-refractivity contribution < 1.29 is 18.3 Å². The van der Waals surface area contributed by atoms with Crippen LogP contribution in [0.4, 0.5) is 13.2 Å². The van der Waals surface area contributed by atoms with Gasteiger partial charge in [-0.3, -0.25) is 0 Å². The van der Waals surface area contributed by atoms with Crippen molar-refractivity contribution in [3.63, 3.8) is 0 Å². The second-order valence-corrected chi connectivity index (χ2v) is 4.51. The summed E-state index contributed by atoms with van der Waals surface area (Å²) >= 11 is 0. The number of hydrogen-bond donors (Lipinski definition) is 1. The second-order valence-electron chi connectivity index (χ2n) is 4.51. The highest BCUT2D eigenvalue weighted by Gasteiger charge is 2.58. The minimum Gasteiger partial charge on any atom is -0.393 e. The van der Waals surface area contributed by atoms with Crippen molar-refractivity contribution in [2.24, 2.45) is 17.3 Å². The second kappa shape index (κ2) is 3.26. The standard InChI is InChI=1S/C10H15F3O/c1-6(14)8-7(9(8,2)3)4-5-10(11,12)13/h4-8,14H,1-3H3. The third kappa shape index (κ3) is 2.29. The number of aliphatic hydroxyl groups is 1. The molecule has 0 aromatic heterocycles. The fourth-order valence-electron chi connectivity index (χ4n) is 2.22. The Kier molecular flexibility index (Phi) is 2.69. The van der Waals surface area contributed by atoms with Gasteiger partial charge in [0, 0.05) is 6.08 Å². The maximum atomic E-state index is 11.9. The van der Waals surface area contributed by atoms with E-state index in [0.29, 0.717) is 0 Å². The van der Waals surface area contributed by atoms with Crippen LogP contribution in [0.25, 0.3) is 0 Å². The molecule has 4 heteroatoms. The number of aliphatic hydroxyl groups excluding tert-OH is 1. The minimum absolute atomic E-state index is 0.0545. The Labute approximate surface area is 81.6 Å². The van der Waals surface area contributed by atoms with E-state index in [9.17, 15) is 18.3 Å². The van der Waals surface area contributed by atoms with Crippen molar-refractivity contribution in [1.29, 1.82) is 0 Å². The molecular weight excluding hydrogens is 193 g/mol. The Bertz CT molecular complexity index is 240. The quantitative estimate of drug-likeness (QED) is 0.692. The molecule has 1 aliphatic rings. The zero-order chi connectivity index (χ0) is 11.1. The molecule has 3 unspecified atom stereocenters. The Balaban J connectivity index is 2.62. The molecule has 82 valence electrons. The number of allylic oxidation sites excluding steroid dienone is 2. The van der Waals surface area contributed by atoms with E-state index in [2.05, 4.69) is 0 Å². The summed E-state index contributed by atoms with van der Waals surface area (Å²) in [4.78, 5) is 0. The van der Waals surface area contributed by atoms with Crippen LogP contribution >= 0.6 is 0 Å². The Hall–Kier alpha value is -0.510. The van der Waals surface area contributed by atoms with Gasteiger partial charge in [0.2, 0.25) is 0 Å². The lowest BCUT2D eigenvalue weighted by atomic mass is 10.1. The molecule has 1 rings (SSSR count). The van der Waals surface area contributed by atoms with E-state index in [4.69, 9.17) is 0 Å². The van der Waals surface area contributed by atoms with Crippen molar-refractivity contribution in [3.8, 4) is 0 Å². The first-order valence-corrected chi connectivity index (χ1v) is 4.60. The molecule has 1 fully saturated rings. The minimum atomic E-state index is -4.25. The highest BCUT2D eigenvalue weighted by Crippen LogP contribution is 2.60. The Morgan fingerprint density at radius 3 is 2.14 bits per heavy atom. The maximum Gasteiger partial charge on any atom is 0.409 e. The number of hydrogen-bond acceptors (Lipinski definition) is 1. The molecule has 1 aliphatic carbocycles. The number of halogens is 3. The van der Waals surface area contributed by atoms with Crippen molar-refractivity contribution >= 4 is 0 Å². The average Bonchev–Trinajstić information content (AvgIpc) is 2.47. The molecule has 0 amide bonds. The molecule has 0 saturated heterocycles. The third-order valence-corrected chi connectivity index (χ3v) is 3.01. The molecule has 0 radical (unpaired) electrons. The average molecular weight is 208 g/mol. The van der Waals surface area contributed by atoms with Crippen LogP contribution in [0, 0.1) is 17.3 Å². The highest BCUT2D eigenvalue weighted by molar-refractivity contribution is 5.16. The smallest absolute Gasteiger partial charge is 0.393 e. The zero-order valence-electron chi connectivity index (χ0n) is 8.47. The summed E-state index contributed by atoms with van der Waals surface area (Å²) in [6.07, 6.45) is -3.37. The number of rotatable bonds is 2. The van der Waals surface area contributed by atoms with E-state index in [-0.39, 0.29) is 23.3 Å². The molecule has 14 heavy (non-hydrogen) atoms. The van der Waals surface area contributed by atoms with E-state index in [1.165, 1.54) is 0 Å². The summed E-state index contributed by atoms with van der Waals surface area (Å²) in [5.74, 6) is -0.217. The first-order valence-electron chi connectivity index (χ1n) is 4.60. The van der Waals surface area contributed by atoms with Gasteiger partial charge in [-0.15, -0.1) is 0 Å². The largest absolute Gasteiger partial charge is 0.409 e. The summed E-state index contributed by atoms with van der Waals surface area (Å²) in [5.41, 5.74) is -0.212. The highest BCUT2D eigenvalue weighted by atomic mass is 19.4. The molecule has 1 N–H and O–H groups in total. The fraction of sp³-hybridized carbons (Fsp3) is 0.800. The predicted molar refractivity (Wildman–Crippen MR) is 47.6 cm³/mol. The topological polar surface area (TPSA) is 20.2 Å². The monoisotopic (exact) mass is 208 g/mol. The molecule has 3 atom stereocenters. The molecule has 0 aromatic rings. The van der Waals surface area contributed by atoms with Gasteiger partial charge in [-0.25, -0.2) is 0 Å². The maximum absolute atomic E-state index is 11.9.